The maximum Gasteiger partial charge on any atom is 0.339 e. The minimum Gasteiger partial charge on any atom is -0.478 e. The Morgan fingerprint density at radius 2 is 2.10 bits per heavy atom. The first-order chi connectivity index (χ1) is 10.1. The maximum atomic E-state index is 11.3. The lowest BCUT2D eigenvalue weighted by Gasteiger charge is -2.03. The van der Waals surface area contributed by atoms with E-state index in [-0.39, 0.29) is 5.56 Å². The lowest BCUT2D eigenvalue weighted by atomic mass is 10.2. The van der Waals surface area contributed by atoms with Gasteiger partial charge >= 0.3 is 5.97 Å². The van der Waals surface area contributed by atoms with Gasteiger partial charge in [-0.3, -0.25) is 4.68 Å². The molecule has 0 aliphatic carbocycles. The first-order valence-corrected chi connectivity index (χ1v) is 6.61. The van der Waals surface area contributed by atoms with E-state index in [4.69, 9.17) is 16.0 Å². The van der Waals surface area contributed by atoms with Crippen molar-refractivity contribution in [2.45, 2.75) is 6.54 Å². The molecule has 0 bridgehead atoms. The van der Waals surface area contributed by atoms with Crippen LogP contribution in [0.4, 0.5) is 0 Å². The maximum absolute atomic E-state index is 11.3. The number of aromatic nitrogens is 2. The fraction of sp³-hybridized carbons (Fsp3) is 0.0667. The monoisotopic (exact) mass is 302 g/mol. The Bertz CT molecular complexity index is 778. The van der Waals surface area contributed by atoms with Crippen LogP contribution in [-0.2, 0) is 6.54 Å². The van der Waals surface area contributed by atoms with Crippen molar-refractivity contribution in [3.63, 3.8) is 0 Å². The number of rotatable bonds is 4. The molecule has 106 valence electrons. The lowest BCUT2D eigenvalue weighted by Crippen LogP contribution is -2.01. The smallest absolute Gasteiger partial charge is 0.339 e. The molecule has 0 amide bonds. The van der Waals surface area contributed by atoms with Gasteiger partial charge in [-0.25, -0.2) is 4.79 Å². The summed E-state index contributed by atoms with van der Waals surface area (Å²) < 4.78 is 6.78. The van der Waals surface area contributed by atoms with Crippen LogP contribution in [0.25, 0.3) is 11.5 Å². The van der Waals surface area contributed by atoms with E-state index in [9.17, 15) is 9.90 Å². The first-order valence-electron chi connectivity index (χ1n) is 6.23. The van der Waals surface area contributed by atoms with Crippen LogP contribution >= 0.6 is 11.6 Å². The minimum atomic E-state index is -1.05. The quantitative estimate of drug-likeness (QED) is 0.800. The van der Waals surface area contributed by atoms with Gasteiger partial charge in [0.15, 0.2) is 5.76 Å². The molecule has 0 radical (unpaired) electrons. The molecular formula is C15H11ClN2O3. The summed E-state index contributed by atoms with van der Waals surface area (Å²) in [5, 5.41) is 14.2. The molecule has 0 saturated heterocycles. The molecule has 1 aromatic carbocycles. The third kappa shape index (κ3) is 2.68. The van der Waals surface area contributed by atoms with E-state index in [2.05, 4.69) is 5.10 Å². The van der Waals surface area contributed by atoms with E-state index in [1.165, 1.54) is 12.5 Å². The predicted molar refractivity (Wildman–Crippen MR) is 77.4 cm³/mol. The van der Waals surface area contributed by atoms with Crippen LogP contribution in [0.15, 0.2) is 53.3 Å². The van der Waals surface area contributed by atoms with Gasteiger partial charge in [0, 0.05) is 11.2 Å². The molecule has 21 heavy (non-hydrogen) atoms. The van der Waals surface area contributed by atoms with Crippen molar-refractivity contribution < 1.29 is 14.3 Å². The van der Waals surface area contributed by atoms with Gasteiger partial charge < -0.3 is 9.52 Å². The van der Waals surface area contributed by atoms with Gasteiger partial charge in [0.05, 0.1) is 12.8 Å². The zero-order chi connectivity index (χ0) is 14.8. The molecule has 0 aliphatic heterocycles. The summed E-state index contributed by atoms with van der Waals surface area (Å²) in [7, 11) is 0. The second kappa shape index (κ2) is 5.46. The normalized spacial score (nSPS) is 10.7. The van der Waals surface area contributed by atoms with Crippen LogP contribution in [0.1, 0.15) is 15.9 Å². The molecule has 0 aliphatic rings. The highest BCUT2D eigenvalue weighted by Crippen LogP contribution is 2.24. The molecule has 0 saturated carbocycles. The number of carboxylic acid groups (broad SMARTS) is 1. The van der Waals surface area contributed by atoms with E-state index in [1.54, 1.807) is 22.9 Å². The van der Waals surface area contributed by atoms with E-state index < -0.39 is 5.97 Å². The van der Waals surface area contributed by atoms with Gasteiger partial charge in [-0.2, -0.15) is 5.10 Å². The third-order valence-electron chi connectivity index (χ3n) is 3.04. The van der Waals surface area contributed by atoms with Gasteiger partial charge in [-0.1, -0.05) is 29.8 Å². The zero-order valence-corrected chi connectivity index (χ0v) is 11.6. The zero-order valence-electron chi connectivity index (χ0n) is 10.9. The number of furan rings is 1. The van der Waals surface area contributed by atoms with E-state index in [0.717, 1.165) is 5.56 Å². The van der Waals surface area contributed by atoms with Crippen molar-refractivity contribution in [2.75, 3.05) is 0 Å². The Hall–Kier alpha value is -2.53. The van der Waals surface area contributed by atoms with Crippen molar-refractivity contribution >= 4 is 17.6 Å². The summed E-state index contributed by atoms with van der Waals surface area (Å²) in [5.74, 6) is -0.628. The molecule has 0 unspecified atom stereocenters. The van der Waals surface area contributed by atoms with E-state index >= 15 is 0 Å². The molecular weight excluding hydrogens is 292 g/mol. The number of hydrogen-bond acceptors (Lipinski definition) is 3. The molecule has 0 fully saturated rings. The number of benzene rings is 1. The molecule has 3 rings (SSSR count). The van der Waals surface area contributed by atoms with E-state index in [0.29, 0.717) is 23.0 Å². The minimum absolute atomic E-state index is 0.0944. The highest BCUT2D eigenvalue weighted by Gasteiger charge is 2.19. The molecule has 0 spiro atoms. The Balaban J connectivity index is 2.00. The molecule has 1 N–H and O–H groups in total. The van der Waals surface area contributed by atoms with Crippen molar-refractivity contribution in [2.24, 2.45) is 0 Å². The summed E-state index contributed by atoms with van der Waals surface area (Å²) in [5.41, 5.74) is 1.26. The standard InChI is InChI=1S/C15H11ClN2O3/c16-12-5-2-1-4-10(12)8-18-9-11(15(19)20)14(17-18)13-6-3-7-21-13/h1-7,9H,8H2,(H,19,20). The first kappa shape index (κ1) is 13.5. The van der Waals surface area contributed by atoms with Crippen LogP contribution in [0.5, 0.6) is 0 Å². The van der Waals surface area contributed by atoms with Crippen molar-refractivity contribution in [1.82, 2.24) is 9.78 Å². The molecule has 2 heterocycles. The highest BCUT2D eigenvalue weighted by atomic mass is 35.5. The number of nitrogens with zero attached hydrogens (tertiary/aromatic N) is 2. The van der Waals surface area contributed by atoms with Crippen molar-refractivity contribution in [3.8, 4) is 11.5 Å². The molecule has 5 nitrogen and oxygen atoms in total. The molecule has 3 aromatic rings. The third-order valence-corrected chi connectivity index (χ3v) is 3.41. The Kier molecular flexibility index (Phi) is 3.50. The van der Waals surface area contributed by atoms with E-state index in [1.807, 2.05) is 18.2 Å². The van der Waals surface area contributed by atoms with Crippen LogP contribution in [-0.4, -0.2) is 20.9 Å². The summed E-state index contributed by atoms with van der Waals surface area (Å²) in [6.07, 6.45) is 2.96. The fourth-order valence-corrected chi connectivity index (χ4v) is 2.25. The number of hydrogen-bond donors (Lipinski definition) is 1. The number of aromatic carboxylic acids is 1. The number of carbonyl (C=O) groups is 1. The summed E-state index contributed by atoms with van der Waals surface area (Å²) in [6.45, 7) is 0.390. The Morgan fingerprint density at radius 1 is 1.29 bits per heavy atom. The second-order valence-electron chi connectivity index (χ2n) is 4.46. The van der Waals surface area contributed by atoms with Gasteiger partial charge in [0.1, 0.15) is 11.3 Å². The SMILES string of the molecule is O=C(O)c1cn(Cc2ccccc2Cl)nc1-c1ccco1. The van der Waals surface area contributed by atoms with Crippen LogP contribution in [0.2, 0.25) is 5.02 Å². The second-order valence-corrected chi connectivity index (χ2v) is 4.87. The predicted octanol–water partition coefficient (Wildman–Crippen LogP) is 3.54. The van der Waals surface area contributed by atoms with Gasteiger partial charge in [0.25, 0.3) is 0 Å². The molecule has 0 atom stereocenters. The number of carboxylic acids is 1. The van der Waals surface area contributed by atoms with Crippen molar-refractivity contribution in [3.05, 3.63) is 65.0 Å². The Morgan fingerprint density at radius 3 is 2.76 bits per heavy atom. The highest BCUT2D eigenvalue weighted by molar-refractivity contribution is 6.31. The van der Waals surface area contributed by atoms with Crippen LogP contribution in [0.3, 0.4) is 0 Å². The van der Waals surface area contributed by atoms with Crippen LogP contribution < -0.4 is 0 Å². The lowest BCUT2D eigenvalue weighted by molar-refractivity contribution is 0.0697. The molecule has 6 heteroatoms. The van der Waals surface area contributed by atoms with Gasteiger partial charge in [-0.05, 0) is 23.8 Å². The average molecular weight is 303 g/mol. The summed E-state index contributed by atoms with van der Waals surface area (Å²) >= 11 is 6.11. The topological polar surface area (TPSA) is 68.3 Å². The van der Waals surface area contributed by atoms with Gasteiger partial charge in [-0.15, -0.1) is 0 Å². The largest absolute Gasteiger partial charge is 0.478 e. The Labute approximate surface area is 125 Å². The summed E-state index contributed by atoms with van der Waals surface area (Å²) in [4.78, 5) is 11.3. The van der Waals surface area contributed by atoms with Crippen LogP contribution in [0, 0.1) is 0 Å². The average Bonchev–Trinajstić information content (AvgIpc) is 3.10. The summed E-state index contributed by atoms with van der Waals surface area (Å²) in [6, 6.07) is 10.7. The van der Waals surface area contributed by atoms with Crippen molar-refractivity contribution in [1.29, 1.82) is 0 Å². The number of halogens is 1. The fourth-order valence-electron chi connectivity index (χ4n) is 2.06. The van der Waals surface area contributed by atoms with Gasteiger partial charge in [0.2, 0.25) is 0 Å². The molecule has 2 aromatic heterocycles.